The molecule has 21 heavy (non-hydrogen) atoms. The Kier molecular flexibility index (Phi) is 3.25. The average molecular weight is 286 g/mol. The van der Waals surface area contributed by atoms with E-state index in [4.69, 9.17) is 0 Å². The minimum atomic E-state index is 0.539. The largest absolute Gasteiger partial charge is 0.352 e. The van der Waals surface area contributed by atoms with E-state index in [1.54, 1.807) is 6.33 Å². The minimum absolute atomic E-state index is 0.539. The maximum Gasteiger partial charge on any atom is 0.163 e. The van der Waals surface area contributed by atoms with Crippen molar-refractivity contribution < 1.29 is 0 Å². The first-order chi connectivity index (χ1) is 10.3. The molecule has 2 aromatic rings. The molecule has 0 radical (unpaired) electrons. The molecule has 2 aliphatic rings. The van der Waals surface area contributed by atoms with Crippen LogP contribution in [0.1, 0.15) is 32.1 Å². The second kappa shape index (κ2) is 5.26. The van der Waals surface area contributed by atoms with Crippen molar-refractivity contribution in [2.45, 2.75) is 44.2 Å². The molecule has 1 saturated carbocycles. The van der Waals surface area contributed by atoms with E-state index in [9.17, 15) is 0 Å². The first kappa shape index (κ1) is 13.0. The van der Waals surface area contributed by atoms with Gasteiger partial charge in [-0.15, -0.1) is 0 Å². The molecule has 0 aromatic carbocycles. The van der Waals surface area contributed by atoms with Gasteiger partial charge in [-0.1, -0.05) is 0 Å². The van der Waals surface area contributed by atoms with Crippen LogP contribution in [0.2, 0.25) is 0 Å². The molecule has 0 amide bonds. The Bertz CT molecular complexity index is 632. The van der Waals surface area contributed by atoms with E-state index in [2.05, 4.69) is 25.3 Å². The van der Waals surface area contributed by atoms with E-state index in [0.717, 1.165) is 36.0 Å². The first-order valence-corrected chi connectivity index (χ1v) is 7.95. The van der Waals surface area contributed by atoms with Crippen LogP contribution < -0.4 is 10.2 Å². The fourth-order valence-electron chi connectivity index (χ4n) is 3.26. The molecule has 2 aromatic heterocycles. The van der Waals surface area contributed by atoms with Crippen LogP contribution in [0.15, 0.2) is 12.5 Å². The summed E-state index contributed by atoms with van der Waals surface area (Å²) in [4.78, 5) is 11.4. The molecule has 0 spiro atoms. The number of nitrogens with zero attached hydrogens (tertiary/aromatic N) is 5. The Morgan fingerprint density at radius 1 is 1.24 bits per heavy atom. The Balaban J connectivity index is 1.63. The topological polar surface area (TPSA) is 58.9 Å². The van der Waals surface area contributed by atoms with Crippen molar-refractivity contribution in [3.8, 4) is 0 Å². The van der Waals surface area contributed by atoms with Gasteiger partial charge in [0.25, 0.3) is 0 Å². The van der Waals surface area contributed by atoms with Crippen LogP contribution >= 0.6 is 0 Å². The molecule has 1 unspecified atom stereocenters. The van der Waals surface area contributed by atoms with Gasteiger partial charge < -0.3 is 10.2 Å². The number of hydrogen-bond donors (Lipinski definition) is 1. The van der Waals surface area contributed by atoms with Crippen molar-refractivity contribution >= 4 is 16.9 Å². The predicted molar refractivity (Wildman–Crippen MR) is 82.3 cm³/mol. The zero-order valence-corrected chi connectivity index (χ0v) is 12.5. The number of hydrogen-bond acceptors (Lipinski definition) is 5. The van der Waals surface area contributed by atoms with Crippen LogP contribution in [0.3, 0.4) is 0 Å². The minimum Gasteiger partial charge on any atom is -0.352 e. The van der Waals surface area contributed by atoms with E-state index < -0.39 is 0 Å². The zero-order chi connectivity index (χ0) is 14.2. The zero-order valence-electron chi connectivity index (χ0n) is 12.5. The first-order valence-electron chi connectivity index (χ1n) is 7.95. The van der Waals surface area contributed by atoms with E-state index in [1.165, 1.54) is 32.1 Å². The molecule has 1 N–H and O–H groups in total. The van der Waals surface area contributed by atoms with Gasteiger partial charge in [0.05, 0.1) is 11.6 Å². The molecule has 6 nitrogen and oxygen atoms in total. The van der Waals surface area contributed by atoms with Crippen molar-refractivity contribution in [3.05, 3.63) is 12.5 Å². The molecule has 112 valence electrons. The second-order valence-corrected chi connectivity index (χ2v) is 6.23. The van der Waals surface area contributed by atoms with Gasteiger partial charge in [0.2, 0.25) is 0 Å². The quantitative estimate of drug-likeness (QED) is 0.922. The van der Waals surface area contributed by atoms with E-state index >= 15 is 0 Å². The number of anilines is 1. The molecular formula is C15H22N6. The Hall–Kier alpha value is -1.69. The van der Waals surface area contributed by atoms with Gasteiger partial charge in [0.15, 0.2) is 5.65 Å². The molecule has 2 fully saturated rings. The maximum atomic E-state index is 4.57. The number of nitrogens with one attached hydrogen (secondary N) is 1. The molecule has 0 bridgehead atoms. The van der Waals surface area contributed by atoms with Crippen LogP contribution in [0.4, 0.5) is 5.82 Å². The molecule has 3 heterocycles. The van der Waals surface area contributed by atoms with Gasteiger partial charge >= 0.3 is 0 Å². The molecule has 6 heteroatoms. The van der Waals surface area contributed by atoms with Crippen LogP contribution in [-0.4, -0.2) is 44.9 Å². The molecule has 1 aliphatic heterocycles. The van der Waals surface area contributed by atoms with Crippen LogP contribution in [0, 0.1) is 0 Å². The normalized spacial score (nSPS) is 22.9. The number of fused-ring (bicyclic) bond motifs is 1. The second-order valence-electron chi connectivity index (χ2n) is 6.23. The molecular weight excluding hydrogens is 264 g/mol. The summed E-state index contributed by atoms with van der Waals surface area (Å²) in [5.74, 6) is 1.05. The fourth-order valence-corrected chi connectivity index (χ4v) is 3.26. The average Bonchev–Trinajstić information content (AvgIpc) is 3.28. The lowest BCUT2D eigenvalue weighted by Crippen LogP contribution is -2.46. The van der Waals surface area contributed by atoms with Crippen molar-refractivity contribution in [1.29, 1.82) is 0 Å². The monoisotopic (exact) mass is 286 g/mol. The van der Waals surface area contributed by atoms with Crippen molar-refractivity contribution in [3.63, 3.8) is 0 Å². The highest BCUT2D eigenvalue weighted by atomic mass is 15.3. The van der Waals surface area contributed by atoms with E-state index in [0.29, 0.717) is 6.04 Å². The summed E-state index contributed by atoms with van der Waals surface area (Å²) in [5, 5.41) is 9.07. The van der Waals surface area contributed by atoms with Crippen LogP contribution in [0.25, 0.3) is 11.0 Å². The summed E-state index contributed by atoms with van der Waals surface area (Å²) in [6, 6.07) is 1.30. The van der Waals surface area contributed by atoms with Crippen LogP contribution in [0.5, 0.6) is 0 Å². The lowest BCUT2D eigenvalue weighted by molar-refractivity contribution is 0.432. The SMILES string of the molecule is Cn1ncc2c(N3CCCCC3CNC3CC3)ncnc21. The standard InChI is InChI=1S/C15H22N6/c1-20-14-13(9-19-20)15(18-10-17-14)21-7-3-2-4-12(21)8-16-11-5-6-11/h9-12,16H,2-8H2,1H3. The fraction of sp³-hybridized carbons (Fsp3) is 0.667. The van der Waals surface area contributed by atoms with E-state index in [-0.39, 0.29) is 0 Å². The molecule has 1 aliphatic carbocycles. The van der Waals surface area contributed by atoms with Gasteiger partial charge in [-0.3, -0.25) is 4.68 Å². The van der Waals surface area contributed by atoms with Gasteiger partial charge in [-0.25, -0.2) is 9.97 Å². The third-order valence-electron chi connectivity index (χ3n) is 4.63. The summed E-state index contributed by atoms with van der Waals surface area (Å²) in [5.41, 5.74) is 0.916. The molecule has 4 rings (SSSR count). The van der Waals surface area contributed by atoms with E-state index in [1.807, 2.05) is 17.9 Å². The third kappa shape index (κ3) is 2.48. The van der Waals surface area contributed by atoms with Gasteiger partial charge in [0, 0.05) is 32.2 Å². The Morgan fingerprint density at radius 3 is 3.00 bits per heavy atom. The number of piperidine rings is 1. The van der Waals surface area contributed by atoms with Crippen molar-refractivity contribution in [1.82, 2.24) is 25.1 Å². The summed E-state index contributed by atoms with van der Waals surface area (Å²) < 4.78 is 1.82. The van der Waals surface area contributed by atoms with Gasteiger partial charge in [-0.05, 0) is 32.1 Å². The number of aromatic nitrogens is 4. The van der Waals surface area contributed by atoms with Crippen LogP contribution in [-0.2, 0) is 7.05 Å². The predicted octanol–water partition coefficient (Wildman–Crippen LogP) is 1.47. The highest BCUT2D eigenvalue weighted by molar-refractivity contribution is 5.86. The van der Waals surface area contributed by atoms with Gasteiger partial charge in [0.1, 0.15) is 12.1 Å². The third-order valence-corrected chi connectivity index (χ3v) is 4.63. The Morgan fingerprint density at radius 2 is 2.14 bits per heavy atom. The summed E-state index contributed by atoms with van der Waals surface area (Å²) in [6.07, 6.45) is 10.0. The number of aryl methyl sites for hydroxylation is 1. The lowest BCUT2D eigenvalue weighted by Gasteiger charge is -2.37. The highest BCUT2D eigenvalue weighted by Gasteiger charge is 2.28. The maximum absolute atomic E-state index is 4.57. The highest BCUT2D eigenvalue weighted by Crippen LogP contribution is 2.29. The summed E-state index contributed by atoms with van der Waals surface area (Å²) in [6.45, 7) is 2.15. The molecule has 1 atom stereocenters. The van der Waals surface area contributed by atoms with Crippen molar-refractivity contribution in [2.24, 2.45) is 7.05 Å². The summed E-state index contributed by atoms with van der Waals surface area (Å²) in [7, 11) is 1.93. The lowest BCUT2D eigenvalue weighted by atomic mass is 10.0. The van der Waals surface area contributed by atoms with Gasteiger partial charge in [-0.2, -0.15) is 5.10 Å². The summed E-state index contributed by atoms with van der Waals surface area (Å²) >= 11 is 0. The molecule has 1 saturated heterocycles. The smallest absolute Gasteiger partial charge is 0.163 e. The number of rotatable bonds is 4. The van der Waals surface area contributed by atoms with Crippen molar-refractivity contribution in [2.75, 3.05) is 18.0 Å². The Labute approximate surface area is 124 Å².